The van der Waals surface area contributed by atoms with Gasteiger partial charge >= 0.3 is 0 Å². The topological polar surface area (TPSA) is 56.0 Å². The molecule has 1 atom stereocenters. The van der Waals surface area contributed by atoms with Gasteiger partial charge in [0.2, 0.25) is 0 Å². The quantitative estimate of drug-likeness (QED) is 0.942. The van der Waals surface area contributed by atoms with Crippen LogP contribution < -0.4 is 5.73 Å². The lowest BCUT2D eigenvalue weighted by atomic mass is 10.2. The first kappa shape index (κ1) is 13.2. The van der Waals surface area contributed by atoms with Gasteiger partial charge in [-0.25, -0.2) is 4.39 Å². The zero-order valence-corrected chi connectivity index (χ0v) is 11.7. The van der Waals surface area contributed by atoms with Crippen molar-refractivity contribution in [1.82, 2.24) is 4.98 Å². The molecule has 0 fully saturated rings. The number of pyridine rings is 1. The van der Waals surface area contributed by atoms with E-state index in [9.17, 15) is 8.60 Å². The van der Waals surface area contributed by atoms with E-state index in [1.807, 2.05) is 0 Å². The van der Waals surface area contributed by atoms with Gasteiger partial charge in [-0.3, -0.25) is 9.19 Å². The van der Waals surface area contributed by atoms with Crippen molar-refractivity contribution in [2.24, 2.45) is 0 Å². The van der Waals surface area contributed by atoms with Crippen LogP contribution in [0.1, 0.15) is 5.56 Å². The molecule has 0 amide bonds. The molecular formula is C12H10BrFN2OS. The lowest BCUT2D eigenvalue weighted by Gasteiger charge is -2.07. The third-order valence-electron chi connectivity index (χ3n) is 2.37. The maximum atomic E-state index is 13.3. The Bertz CT molecular complexity index is 606. The Kier molecular flexibility index (Phi) is 4.08. The molecule has 0 aliphatic carbocycles. The smallest absolute Gasteiger partial charge is 0.137 e. The molecule has 1 aromatic heterocycles. The Hall–Kier alpha value is -1.27. The number of anilines is 1. The Morgan fingerprint density at radius 2 is 2.17 bits per heavy atom. The first-order chi connectivity index (χ1) is 8.59. The fraction of sp³-hybridized carbons (Fsp3) is 0.0833. The summed E-state index contributed by atoms with van der Waals surface area (Å²) in [6, 6.07) is 6.26. The molecule has 2 aromatic rings. The van der Waals surface area contributed by atoms with E-state index in [-0.39, 0.29) is 11.6 Å². The van der Waals surface area contributed by atoms with E-state index in [0.717, 1.165) is 0 Å². The van der Waals surface area contributed by atoms with E-state index >= 15 is 0 Å². The average molecular weight is 329 g/mol. The van der Waals surface area contributed by atoms with E-state index in [1.54, 1.807) is 18.2 Å². The van der Waals surface area contributed by atoms with Crippen molar-refractivity contribution in [2.75, 3.05) is 5.73 Å². The number of rotatable bonds is 3. The summed E-state index contributed by atoms with van der Waals surface area (Å²) in [7, 11) is -1.33. The van der Waals surface area contributed by atoms with Gasteiger partial charge in [0.05, 0.1) is 37.8 Å². The molecule has 0 aliphatic heterocycles. The summed E-state index contributed by atoms with van der Waals surface area (Å²) in [4.78, 5) is 4.35. The van der Waals surface area contributed by atoms with Gasteiger partial charge in [-0.2, -0.15) is 0 Å². The van der Waals surface area contributed by atoms with Crippen LogP contribution in [0.5, 0.6) is 0 Å². The third-order valence-corrected chi connectivity index (χ3v) is 4.70. The van der Waals surface area contributed by atoms with Gasteiger partial charge in [-0.05, 0) is 33.6 Å². The number of aromatic nitrogens is 1. The molecule has 1 unspecified atom stereocenters. The van der Waals surface area contributed by atoms with Crippen LogP contribution in [0.15, 0.2) is 46.0 Å². The summed E-state index contributed by atoms with van der Waals surface area (Å²) in [6.07, 6.45) is 2.98. The van der Waals surface area contributed by atoms with E-state index in [4.69, 9.17) is 5.73 Å². The standard InChI is InChI=1S/C12H10BrFN2OS/c13-12-8(2-1-3-9(12)14)7-18(17)11-4-5-16-6-10(11)15/h1-6H,7,15H2. The monoisotopic (exact) mass is 328 g/mol. The Labute approximate surface area is 115 Å². The molecule has 6 heteroatoms. The van der Waals surface area contributed by atoms with Crippen LogP contribution in [-0.4, -0.2) is 9.19 Å². The molecule has 18 heavy (non-hydrogen) atoms. The summed E-state index contributed by atoms with van der Waals surface area (Å²) in [5, 5.41) is 0. The van der Waals surface area contributed by atoms with Crippen molar-refractivity contribution >= 4 is 32.4 Å². The molecule has 2 N–H and O–H groups in total. The third kappa shape index (κ3) is 2.76. The molecule has 3 nitrogen and oxygen atoms in total. The van der Waals surface area contributed by atoms with Crippen LogP contribution in [-0.2, 0) is 16.6 Å². The Balaban J connectivity index is 2.27. The van der Waals surface area contributed by atoms with Crippen molar-refractivity contribution < 1.29 is 8.60 Å². The molecule has 1 heterocycles. The summed E-state index contributed by atoms with van der Waals surface area (Å²) in [6.45, 7) is 0. The minimum Gasteiger partial charge on any atom is -0.396 e. The zero-order chi connectivity index (χ0) is 13.1. The SMILES string of the molecule is Nc1cnccc1S(=O)Cc1cccc(F)c1Br. The summed E-state index contributed by atoms with van der Waals surface area (Å²) < 4.78 is 25.8. The zero-order valence-electron chi connectivity index (χ0n) is 9.27. The van der Waals surface area contributed by atoms with Crippen LogP contribution >= 0.6 is 15.9 Å². The molecule has 2 rings (SSSR count). The number of nitrogens with zero attached hydrogens (tertiary/aromatic N) is 1. The van der Waals surface area contributed by atoms with Gasteiger partial charge in [0, 0.05) is 6.20 Å². The first-order valence-electron chi connectivity index (χ1n) is 5.10. The minimum atomic E-state index is -1.33. The largest absolute Gasteiger partial charge is 0.396 e. The van der Waals surface area contributed by atoms with Gasteiger partial charge in [0.25, 0.3) is 0 Å². The highest BCUT2D eigenvalue weighted by Gasteiger charge is 2.12. The second-order valence-electron chi connectivity index (χ2n) is 3.62. The van der Waals surface area contributed by atoms with Crippen LogP contribution in [0.25, 0.3) is 0 Å². The lowest BCUT2D eigenvalue weighted by Crippen LogP contribution is -2.02. The van der Waals surface area contributed by atoms with Crippen molar-refractivity contribution in [3.05, 3.63) is 52.5 Å². The summed E-state index contributed by atoms with van der Waals surface area (Å²) in [5.41, 5.74) is 6.72. The second kappa shape index (κ2) is 5.58. The highest BCUT2D eigenvalue weighted by Crippen LogP contribution is 2.24. The van der Waals surface area contributed by atoms with E-state index in [0.29, 0.717) is 20.6 Å². The van der Waals surface area contributed by atoms with Crippen molar-refractivity contribution in [3.63, 3.8) is 0 Å². The van der Waals surface area contributed by atoms with E-state index in [1.165, 1.54) is 18.5 Å². The van der Waals surface area contributed by atoms with Crippen LogP contribution in [0.4, 0.5) is 10.1 Å². The number of nitrogen functional groups attached to an aromatic ring is 1. The second-order valence-corrected chi connectivity index (χ2v) is 5.83. The Morgan fingerprint density at radius 3 is 2.89 bits per heavy atom. The predicted molar refractivity (Wildman–Crippen MR) is 72.9 cm³/mol. The van der Waals surface area contributed by atoms with Crippen LogP contribution in [0, 0.1) is 5.82 Å². The maximum Gasteiger partial charge on any atom is 0.137 e. The number of hydrogen-bond acceptors (Lipinski definition) is 3. The van der Waals surface area contributed by atoms with Crippen molar-refractivity contribution in [3.8, 4) is 0 Å². The molecule has 0 saturated carbocycles. The number of halogens is 2. The maximum absolute atomic E-state index is 13.3. The van der Waals surface area contributed by atoms with Gasteiger partial charge in [0.15, 0.2) is 0 Å². The highest BCUT2D eigenvalue weighted by atomic mass is 79.9. The normalized spacial score (nSPS) is 12.3. The highest BCUT2D eigenvalue weighted by molar-refractivity contribution is 9.10. The van der Waals surface area contributed by atoms with Gasteiger partial charge in [-0.15, -0.1) is 0 Å². The summed E-state index contributed by atoms with van der Waals surface area (Å²) >= 11 is 3.15. The number of benzene rings is 1. The van der Waals surface area contributed by atoms with Crippen LogP contribution in [0.2, 0.25) is 0 Å². The fourth-order valence-corrected chi connectivity index (χ4v) is 3.28. The van der Waals surface area contributed by atoms with E-state index < -0.39 is 10.8 Å². The molecule has 0 radical (unpaired) electrons. The predicted octanol–water partition coefficient (Wildman–Crippen LogP) is 2.87. The van der Waals surface area contributed by atoms with Gasteiger partial charge < -0.3 is 5.73 Å². The van der Waals surface area contributed by atoms with Crippen LogP contribution in [0.3, 0.4) is 0 Å². The van der Waals surface area contributed by atoms with Gasteiger partial charge in [-0.1, -0.05) is 12.1 Å². The molecule has 0 aliphatic rings. The number of nitrogens with two attached hydrogens (primary N) is 1. The molecule has 0 bridgehead atoms. The molecule has 0 saturated heterocycles. The fourth-order valence-electron chi connectivity index (χ4n) is 1.48. The number of hydrogen-bond donors (Lipinski definition) is 1. The average Bonchev–Trinajstić information content (AvgIpc) is 2.35. The van der Waals surface area contributed by atoms with Gasteiger partial charge in [0.1, 0.15) is 5.82 Å². The molecule has 1 aromatic carbocycles. The molecule has 94 valence electrons. The first-order valence-corrected chi connectivity index (χ1v) is 7.21. The Morgan fingerprint density at radius 1 is 1.39 bits per heavy atom. The molecular weight excluding hydrogens is 319 g/mol. The lowest BCUT2D eigenvalue weighted by molar-refractivity contribution is 0.619. The molecule has 0 spiro atoms. The summed E-state index contributed by atoms with van der Waals surface area (Å²) in [5.74, 6) is -0.167. The van der Waals surface area contributed by atoms with E-state index in [2.05, 4.69) is 20.9 Å². The van der Waals surface area contributed by atoms with Crippen molar-refractivity contribution in [2.45, 2.75) is 10.6 Å². The minimum absolute atomic E-state index is 0.201. The van der Waals surface area contributed by atoms with Crippen molar-refractivity contribution in [1.29, 1.82) is 0 Å².